The number of rotatable bonds is 1. The van der Waals surface area contributed by atoms with Gasteiger partial charge in [-0.1, -0.05) is 32.9 Å². The van der Waals surface area contributed by atoms with Gasteiger partial charge in [0.15, 0.2) is 0 Å². The van der Waals surface area contributed by atoms with Crippen LogP contribution in [0.5, 0.6) is 0 Å². The Morgan fingerprint density at radius 1 is 1.50 bits per heavy atom. The van der Waals surface area contributed by atoms with Gasteiger partial charge in [0.1, 0.15) is 0 Å². The highest BCUT2D eigenvalue weighted by Gasteiger charge is 2.37. The van der Waals surface area contributed by atoms with E-state index in [0.717, 1.165) is 5.69 Å². The predicted octanol–water partition coefficient (Wildman–Crippen LogP) is 3.44. The lowest BCUT2D eigenvalue weighted by molar-refractivity contribution is 0.430. The average Bonchev–Trinajstić information content (AvgIpc) is 2.41. The Labute approximate surface area is 86.3 Å². The molecule has 0 saturated heterocycles. The molecule has 1 aliphatic carbocycles. The van der Waals surface area contributed by atoms with Gasteiger partial charge in [-0.05, 0) is 41.4 Å². The van der Waals surface area contributed by atoms with Crippen LogP contribution in [0, 0.1) is 0 Å². The van der Waals surface area contributed by atoms with Crippen molar-refractivity contribution in [1.29, 1.82) is 0 Å². The fourth-order valence-corrected chi connectivity index (χ4v) is 2.88. The normalized spacial score (nSPS) is 30.4. The van der Waals surface area contributed by atoms with E-state index in [4.69, 9.17) is 5.73 Å². The molecule has 0 fully saturated rings. The summed E-state index contributed by atoms with van der Waals surface area (Å²) in [7, 11) is 0. The van der Waals surface area contributed by atoms with E-state index in [-0.39, 0.29) is 0 Å². The van der Waals surface area contributed by atoms with Crippen LogP contribution in [0.25, 0.3) is 0 Å². The third-order valence-corrected chi connectivity index (χ3v) is 3.82. The first-order chi connectivity index (χ1) is 6.58. The summed E-state index contributed by atoms with van der Waals surface area (Å²) < 4.78 is 0. The number of hydrogen-bond donors (Lipinski definition) is 1. The molecular formula is C13H19N. The zero-order valence-electron chi connectivity index (χ0n) is 9.30. The number of benzene rings is 1. The summed E-state index contributed by atoms with van der Waals surface area (Å²) in [6.07, 6.45) is 2.45. The summed E-state index contributed by atoms with van der Waals surface area (Å²) in [5.74, 6) is 0.621. The first kappa shape index (κ1) is 9.57. The Morgan fingerprint density at radius 2 is 2.21 bits per heavy atom. The van der Waals surface area contributed by atoms with Gasteiger partial charge in [-0.2, -0.15) is 0 Å². The van der Waals surface area contributed by atoms with Gasteiger partial charge in [0.25, 0.3) is 0 Å². The monoisotopic (exact) mass is 189 g/mol. The molecule has 0 spiro atoms. The van der Waals surface area contributed by atoms with Crippen molar-refractivity contribution in [3.63, 3.8) is 0 Å². The van der Waals surface area contributed by atoms with Crippen molar-refractivity contribution < 1.29 is 0 Å². The molecule has 0 aliphatic heterocycles. The molecule has 0 bridgehead atoms. The first-order valence-electron chi connectivity index (χ1n) is 5.47. The topological polar surface area (TPSA) is 26.0 Å². The van der Waals surface area contributed by atoms with Gasteiger partial charge in [-0.3, -0.25) is 0 Å². The summed E-state index contributed by atoms with van der Waals surface area (Å²) in [6, 6.07) is 6.36. The minimum atomic E-state index is 0.351. The number of fused-ring (bicyclic) bond motifs is 1. The average molecular weight is 189 g/mol. The van der Waals surface area contributed by atoms with E-state index in [1.54, 1.807) is 0 Å². The molecule has 0 amide bonds. The second kappa shape index (κ2) is 3.01. The van der Waals surface area contributed by atoms with E-state index >= 15 is 0 Å². The largest absolute Gasteiger partial charge is 0.398 e. The van der Waals surface area contributed by atoms with Crippen LogP contribution in [0.4, 0.5) is 5.69 Å². The Balaban J connectivity index is 2.60. The van der Waals surface area contributed by atoms with Crippen LogP contribution in [0.3, 0.4) is 0 Å². The zero-order valence-corrected chi connectivity index (χ0v) is 9.30. The summed E-state index contributed by atoms with van der Waals surface area (Å²) in [5, 5.41) is 0. The van der Waals surface area contributed by atoms with Crippen molar-refractivity contribution >= 4 is 5.69 Å². The summed E-state index contributed by atoms with van der Waals surface area (Å²) in [4.78, 5) is 0. The van der Waals surface area contributed by atoms with Gasteiger partial charge in [0.2, 0.25) is 0 Å². The van der Waals surface area contributed by atoms with Gasteiger partial charge in [-0.25, -0.2) is 0 Å². The smallest absolute Gasteiger partial charge is 0.0352 e. The van der Waals surface area contributed by atoms with Crippen LogP contribution in [0.1, 0.15) is 50.7 Å². The first-order valence-corrected chi connectivity index (χ1v) is 5.47. The zero-order chi connectivity index (χ0) is 10.3. The Kier molecular flexibility index (Phi) is 2.06. The molecule has 1 nitrogen and oxygen atoms in total. The molecule has 1 aromatic rings. The van der Waals surface area contributed by atoms with Crippen molar-refractivity contribution in [3.05, 3.63) is 29.3 Å². The summed E-state index contributed by atoms with van der Waals surface area (Å²) in [5.41, 5.74) is 10.2. The number of hydrogen-bond acceptors (Lipinski definition) is 1. The Bertz CT molecular complexity index is 356. The molecule has 1 aliphatic rings. The molecule has 0 unspecified atom stereocenters. The lowest BCUT2D eigenvalue weighted by atomic mass is 9.81. The number of nitrogen functional groups attached to an aromatic ring is 1. The van der Waals surface area contributed by atoms with Gasteiger partial charge in [0, 0.05) is 5.69 Å². The molecule has 1 heteroatoms. The summed E-state index contributed by atoms with van der Waals surface area (Å²) >= 11 is 0. The third kappa shape index (κ3) is 1.15. The second-order valence-corrected chi connectivity index (χ2v) is 4.83. The number of anilines is 1. The fourth-order valence-electron chi connectivity index (χ4n) is 2.88. The molecule has 2 rings (SSSR count). The molecular weight excluding hydrogens is 170 g/mol. The SMILES string of the molecule is CC[C@]1(C)C[C@@H](C)c2c(N)cccc21. The highest BCUT2D eigenvalue weighted by Crippen LogP contribution is 2.49. The van der Waals surface area contributed by atoms with Crippen LogP contribution in [0.2, 0.25) is 0 Å². The Morgan fingerprint density at radius 3 is 2.86 bits per heavy atom. The van der Waals surface area contributed by atoms with E-state index in [9.17, 15) is 0 Å². The van der Waals surface area contributed by atoms with E-state index in [2.05, 4.69) is 32.9 Å². The van der Waals surface area contributed by atoms with Crippen molar-refractivity contribution in [1.82, 2.24) is 0 Å². The lowest BCUT2D eigenvalue weighted by Crippen LogP contribution is -2.16. The van der Waals surface area contributed by atoms with E-state index in [1.165, 1.54) is 24.0 Å². The molecule has 76 valence electrons. The van der Waals surface area contributed by atoms with Gasteiger partial charge >= 0.3 is 0 Å². The molecule has 2 N–H and O–H groups in total. The molecule has 1 aromatic carbocycles. The minimum absolute atomic E-state index is 0.351. The standard InChI is InChI=1S/C13H19N/c1-4-13(3)8-9(2)12-10(13)6-5-7-11(12)14/h5-7,9H,4,8,14H2,1-3H3/t9-,13-/m1/s1. The third-order valence-electron chi connectivity index (χ3n) is 3.82. The van der Waals surface area contributed by atoms with Crippen LogP contribution in [-0.2, 0) is 5.41 Å². The maximum Gasteiger partial charge on any atom is 0.0352 e. The summed E-state index contributed by atoms with van der Waals surface area (Å²) in [6.45, 7) is 6.91. The van der Waals surface area contributed by atoms with E-state index < -0.39 is 0 Å². The van der Waals surface area contributed by atoms with Crippen LogP contribution in [0.15, 0.2) is 18.2 Å². The van der Waals surface area contributed by atoms with E-state index in [1.807, 2.05) is 6.07 Å². The minimum Gasteiger partial charge on any atom is -0.398 e. The van der Waals surface area contributed by atoms with Gasteiger partial charge in [0.05, 0.1) is 0 Å². The maximum atomic E-state index is 6.04. The Hall–Kier alpha value is -0.980. The molecule has 0 saturated carbocycles. The lowest BCUT2D eigenvalue weighted by Gasteiger charge is -2.23. The second-order valence-electron chi connectivity index (χ2n) is 4.83. The van der Waals surface area contributed by atoms with Crippen molar-refractivity contribution in [2.45, 2.75) is 44.9 Å². The van der Waals surface area contributed by atoms with Crippen molar-refractivity contribution in [2.75, 3.05) is 5.73 Å². The predicted molar refractivity (Wildman–Crippen MR) is 61.5 cm³/mol. The quantitative estimate of drug-likeness (QED) is 0.673. The molecule has 14 heavy (non-hydrogen) atoms. The van der Waals surface area contributed by atoms with Crippen LogP contribution >= 0.6 is 0 Å². The van der Waals surface area contributed by atoms with E-state index in [0.29, 0.717) is 11.3 Å². The molecule has 0 radical (unpaired) electrons. The fraction of sp³-hybridized carbons (Fsp3) is 0.538. The van der Waals surface area contributed by atoms with Crippen LogP contribution < -0.4 is 5.73 Å². The van der Waals surface area contributed by atoms with Crippen molar-refractivity contribution in [3.8, 4) is 0 Å². The van der Waals surface area contributed by atoms with Gasteiger partial charge < -0.3 is 5.73 Å². The highest BCUT2D eigenvalue weighted by atomic mass is 14.6. The number of nitrogens with two attached hydrogens (primary N) is 1. The highest BCUT2D eigenvalue weighted by molar-refractivity contribution is 5.57. The molecule has 2 atom stereocenters. The maximum absolute atomic E-state index is 6.04. The van der Waals surface area contributed by atoms with Crippen molar-refractivity contribution in [2.24, 2.45) is 0 Å². The molecule has 0 heterocycles. The van der Waals surface area contributed by atoms with Crippen LogP contribution in [-0.4, -0.2) is 0 Å². The van der Waals surface area contributed by atoms with Gasteiger partial charge in [-0.15, -0.1) is 0 Å². The molecule has 0 aromatic heterocycles.